The second-order valence-corrected chi connectivity index (χ2v) is 33.1. The van der Waals surface area contributed by atoms with Crippen LogP contribution >= 0.6 is 57.1 Å². The van der Waals surface area contributed by atoms with Crippen molar-refractivity contribution < 1.29 is 27.2 Å². The van der Waals surface area contributed by atoms with Crippen molar-refractivity contribution in [3.8, 4) is 12.1 Å². The van der Waals surface area contributed by atoms with Gasteiger partial charge in [-0.25, -0.2) is 37.8 Å². The smallest absolute Gasteiger partial charge is 0.270 e. The predicted molar refractivity (Wildman–Crippen MR) is 432 cm³/mol. The fourth-order valence-corrected chi connectivity index (χ4v) is 22.3. The lowest BCUT2D eigenvalue weighted by atomic mass is 9.99. The summed E-state index contributed by atoms with van der Waals surface area (Å²) in [5, 5.41) is 22.6. The molecule has 0 N–H and O–H groups in total. The fraction of sp³-hybridized carbons (Fsp3) is 0.442. The summed E-state index contributed by atoms with van der Waals surface area (Å²) in [4.78, 5) is 37.3. The number of thiophene rings is 4. The number of Topliss-reactive ketones (excluding diaryl/α,β-unsaturated/α-hetero) is 2. The van der Waals surface area contributed by atoms with E-state index in [0.717, 1.165) is 172 Å². The lowest BCUT2D eigenvalue weighted by Crippen LogP contribution is -2.13. The Morgan fingerprint density at radius 1 is 0.476 bits per heavy atom. The van der Waals surface area contributed by atoms with Gasteiger partial charge in [0.1, 0.15) is 11.0 Å². The number of hydrogen-bond acceptors (Lipinski definition) is 11. The first-order valence-corrected chi connectivity index (χ1v) is 42.2. The summed E-state index contributed by atoms with van der Waals surface area (Å²) >= 11 is 8.44. The molecule has 2 aliphatic rings. The van der Waals surface area contributed by atoms with Gasteiger partial charge in [0.2, 0.25) is 0 Å². The van der Waals surface area contributed by atoms with Crippen molar-refractivity contribution in [3.63, 3.8) is 0 Å². The molecule has 0 saturated heterocycles. The summed E-state index contributed by atoms with van der Waals surface area (Å²) in [6.07, 6.45) is 42.2. The minimum absolute atomic E-state index is 0.000180. The van der Waals surface area contributed by atoms with Crippen LogP contribution in [0.1, 0.15) is 261 Å². The average molecular weight is 1500 g/mol. The molecule has 7 aromatic heterocycles. The largest absolute Gasteiger partial charge is 0.337 e. The van der Waals surface area contributed by atoms with Gasteiger partial charge in [0.05, 0.1) is 87.3 Å². The van der Waals surface area contributed by atoms with Crippen LogP contribution in [0.5, 0.6) is 0 Å². The van der Waals surface area contributed by atoms with Gasteiger partial charge in [0.25, 0.3) is 11.4 Å². The Bertz CT molecular complexity index is 5010. The normalized spacial score (nSPS) is 15.6. The Hall–Kier alpha value is -8.14. The summed E-state index contributed by atoms with van der Waals surface area (Å²) in [5.41, 5.74) is 8.15. The Morgan fingerprint density at radius 3 is 1.17 bits per heavy atom. The van der Waals surface area contributed by atoms with E-state index in [0.29, 0.717) is 11.8 Å². The highest BCUT2D eigenvalue weighted by molar-refractivity contribution is 7.34. The van der Waals surface area contributed by atoms with Crippen LogP contribution in [0.4, 0.5) is 17.6 Å². The van der Waals surface area contributed by atoms with Crippen LogP contribution in [0, 0.1) is 70.9 Å². The summed E-state index contributed by atoms with van der Waals surface area (Å²) in [6, 6.07) is 7.35. The summed E-state index contributed by atoms with van der Waals surface area (Å²) in [7, 11) is 0. The van der Waals surface area contributed by atoms with E-state index >= 15 is 0 Å². The van der Waals surface area contributed by atoms with E-state index < -0.39 is 34.8 Å². The third-order valence-corrected chi connectivity index (χ3v) is 27.3. The number of hydrogen-bond donors (Lipinski definition) is 0. The Balaban J connectivity index is 1.08. The molecule has 544 valence electrons. The third kappa shape index (κ3) is 15.2. The SMILES string of the molecule is [C-]#[N+]\C(C#N)=C1/C(=C/C=C\c2sc3c(sc4c5c6nsnc6c6c7sc8c(CCCCCCCCCCC)c(\C=C/C=C9\C(=O)c%10cc(F)c(F)cc%10\C9=C(\C#N)[N+]#[C-])sc8c7n(CC(CC)CCCC)c6c5n(CC(CC)CCCC)c34)c2CCCCCCCCCCC)C(=O)c2cc(F)c(F)cc21. The molecule has 10 aromatic rings. The molecule has 0 aliphatic heterocycles. The van der Waals surface area contributed by atoms with Gasteiger partial charge in [-0.3, -0.25) is 9.59 Å². The fourth-order valence-electron chi connectivity index (χ4n) is 15.9. The molecule has 0 spiro atoms. The number of carbonyl (C=O) groups is 2. The molecule has 7 heterocycles. The lowest BCUT2D eigenvalue weighted by molar-refractivity contribution is 0.103. The van der Waals surface area contributed by atoms with Gasteiger partial charge >= 0.3 is 0 Å². The van der Waals surface area contributed by atoms with Crippen LogP contribution < -0.4 is 0 Å². The van der Waals surface area contributed by atoms with E-state index in [4.69, 9.17) is 21.9 Å². The molecule has 12 rings (SSSR count). The Morgan fingerprint density at radius 2 is 0.829 bits per heavy atom. The zero-order valence-electron chi connectivity index (χ0n) is 61.1. The predicted octanol–water partition coefficient (Wildman–Crippen LogP) is 27.6. The van der Waals surface area contributed by atoms with Crippen LogP contribution in [0.25, 0.3) is 105 Å². The number of ketones is 2. The number of benzene rings is 3. The number of nitriles is 2. The summed E-state index contributed by atoms with van der Waals surface area (Å²) < 4.78 is 82.7. The molecule has 19 heteroatoms. The topological polar surface area (TPSA) is 126 Å². The maximum atomic E-state index is 14.9. The Labute approximate surface area is 633 Å². The van der Waals surface area contributed by atoms with Crippen LogP contribution in [-0.4, -0.2) is 29.4 Å². The molecule has 0 saturated carbocycles. The molecule has 0 radical (unpaired) electrons. The van der Waals surface area contributed by atoms with Gasteiger partial charge in [-0.1, -0.05) is 207 Å². The van der Waals surface area contributed by atoms with Gasteiger partial charge in [-0.15, -0.1) is 45.3 Å². The number of allylic oxidation sites excluding steroid dienone is 10. The zero-order chi connectivity index (χ0) is 74.0. The maximum Gasteiger partial charge on any atom is 0.270 e. The molecular weight excluding hydrogens is 1410 g/mol. The van der Waals surface area contributed by atoms with Crippen LogP contribution in [0.3, 0.4) is 0 Å². The number of carbonyl (C=O) groups excluding carboxylic acids is 2. The quantitative estimate of drug-likeness (QED) is 0.0127. The molecule has 0 fully saturated rings. The van der Waals surface area contributed by atoms with E-state index in [1.54, 1.807) is 47.0 Å². The number of aromatic nitrogens is 4. The molecule has 0 bridgehead atoms. The molecule has 2 unspecified atom stereocenters. The minimum Gasteiger partial charge on any atom is -0.337 e. The van der Waals surface area contributed by atoms with Crippen LogP contribution in [0.15, 0.2) is 71.1 Å². The van der Waals surface area contributed by atoms with Crippen molar-refractivity contribution >= 4 is 164 Å². The molecule has 0 amide bonds. The number of unbranched alkanes of at least 4 members (excludes halogenated alkanes) is 18. The van der Waals surface area contributed by atoms with E-state index in [-0.39, 0.29) is 55.9 Å². The molecular formula is C86H90F4N8O2S5. The molecule has 2 aliphatic carbocycles. The van der Waals surface area contributed by atoms with E-state index in [1.165, 1.54) is 150 Å². The van der Waals surface area contributed by atoms with E-state index in [1.807, 2.05) is 47.0 Å². The highest BCUT2D eigenvalue weighted by Crippen LogP contribution is 2.56. The number of aryl methyl sites for hydroxylation is 2. The molecule has 3 aromatic carbocycles. The second kappa shape index (κ2) is 35.1. The summed E-state index contributed by atoms with van der Waals surface area (Å²) in [6.45, 7) is 31.0. The number of fused-ring (bicyclic) bond motifs is 16. The van der Waals surface area contributed by atoms with Crippen molar-refractivity contribution in [2.75, 3.05) is 0 Å². The number of nitrogens with zero attached hydrogens (tertiary/aromatic N) is 8. The maximum absolute atomic E-state index is 14.9. The van der Waals surface area contributed by atoms with Crippen molar-refractivity contribution in [1.82, 2.24) is 17.9 Å². The molecule has 105 heavy (non-hydrogen) atoms. The first kappa shape index (κ1) is 76.5. The number of rotatable bonds is 36. The van der Waals surface area contributed by atoms with Crippen molar-refractivity contribution in [1.29, 1.82) is 10.5 Å². The molecule has 2 atom stereocenters. The van der Waals surface area contributed by atoms with Crippen molar-refractivity contribution in [2.24, 2.45) is 11.8 Å². The van der Waals surface area contributed by atoms with Crippen molar-refractivity contribution in [2.45, 2.75) is 234 Å². The van der Waals surface area contributed by atoms with Gasteiger partial charge in [-0.2, -0.15) is 8.75 Å². The van der Waals surface area contributed by atoms with E-state index in [2.05, 4.69) is 60.4 Å². The second-order valence-electron chi connectivity index (χ2n) is 28.4. The average Bonchev–Trinajstić information content (AvgIpc) is 1.51. The molecule has 10 nitrogen and oxygen atoms in total. The minimum atomic E-state index is -1.18. The van der Waals surface area contributed by atoms with Crippen molar-refractivity contribution in [3.05, 3.63) is 160 Å². The Kier molecular flexibility index (Phi) is 25.5. The first-order valence-electron chi connectivity index (χ1n) is 38.2. The first-order chi connectivity index (χ1) is 51.2. The monoisotopic (exact) mass is 1500 g/mol. The van der Waals surface area contributed by atoms with Gasteiger partial charge < -0.3 is 9.13 Å². The van der Waals surface area contributed by atoms with Gasteiger partial charge in [0, 0.05) is 67.0 Å². The zero-order valence-corrected chi connectivity index (χ0v) is 65.2. The highest BCUT2D eigenvalue weighted by Gasteiger charge is 2.37. The van der Waals surface area contributed by atoms with E-state index in [9.17, 15) is 37.7 Å². The van der Waals surface area contributed by atoms with Crippen LogP contribution in [0.2, 0.25) is 0 Å². The number of halogens is 4. The summed E-state index contributed by atoms with van der Waals surface area (Å²) in [5.74, 6) is -5.16. The standard InChI is InChI=1S/C86H90F4N8O2S5/c1-9-15-19-21-23-25-27-29-31-37-53-67(41-33-39-55-69(65(47-91)93-7)57-43-61(87)63(89)45-59(57)79(55)99)101-85-77-83(103-81(53)85)71-73-74(96-105-95-73)72-76(75(71)97(77)49-51(13-5)35-17-11-3)98(50-52(14-6)36-18-12-4)78-84(72)104-82-54(38-32-30-28-26-24-22-20-16-10-2)68(102-86(78)82)42-34-40-56-70(66(48-92)94-8)58-44-62(88)64(90)46-60(58)80(56)100/h33-34,39-46,51-52H,9-32,35-38,49-50H2,1-6H3/b41-33-,42-34-,55-39-,56-40-,69-65-,70-66+. The lowest BCUT2D eigenvalue weighted by Gasteiger charge is -2.20. The van der Waals surface area contributed by atoms with Gasteiger partial charge in [0.15, 0.2) is 34.8 Å². The van der Waals surface area contributed by atoms with Crippen LogP contribution in [-0.2, 0) is 25.9 Å². The van der Waals surface area contributed by atoms with Gasteiger partial charge in [-0.05, 0) is 109 Å². The third-order valence-electron chi connectivity index (χ3n) is 21.6. The highest BCUT2D eigenvalue weighted by atomic mass is 32.1.